The molecule has 2 heterocycles. The number of aromatic nitrogens is 1. The van der Waals surface area contributed by atoms with Crippen molar-refractivity contribution in [2.24, 2.45) is 5.41 Å². The van der Waals surface area contributed by atoms with Crippen LogP contribution >= 0.6 is 0 Å². The summed E-state index contributed by atoms with van der Waals surface area (Å²) >= 11 is 0. The minimum atomic E-state index is -1.32. The molecule has 1 atom stereocenters. The molecule has 0 bridgehead atoms. The number of hydrogen-bond acceptors (Lipinski definition) is 8. The van der Waals surface area contributed by atoms with Gasteiger partial charge < -0.3 is 19.5 Å². The first-order chi connectivity index (χ1) is 19.6. The number of benzene rings is 2. The lowest BCUT2D eigenvalue weighted by molar-refractivity contribution is -0.143. The van der Waals surface area contributed by atoms with Gasteiger partial charge in [0.1, 0.15) is 18.2 Å². The Morgan fingerprint density at radius 3 is 2.59 bits per heavy atom. The molecule has 9 nitrogen and oxygen atoms in total. The van der Waals surface area contributed by atoms with E-state index in [0.717, 1.165) is 17.1 Å². The molecule has 222 valence electrons. The molecule has 1 aromatic heterocycles. The van der Waals surface area contributed by atoms with Gasteiger partial charge in [-0.3, -0.25) is 19.9 Å². The summed E-state index contributed by atoms with van der Waals surface area (Å²) in [5, 5.41) is 21.7. The number of fused-ring (bicyclic) bond motifs is 1. The lowest BCUT2D eigenvalue weighted by Crippen LogP contribution is -2.49. The number of carbonyl (C=O) groups is 1. The van der Waals surface area contributed by atoms with Crippen molar-refractivity contribution in [3.05, 3.63) is 59.5 Å². The van der Waals surface area contributed by atoms with Gasteiger partial charge in [-0.2, -0.15) is 4.39 Å². The fourth-order valence-electron chi connectivity index (χ4n) is 5.41. The van der Waals surface area contributed by atoms with Gasteiger partial charge >= 0.3 is 0 Å². The number of rotatable bonds is 11. The molecule has 3 aromatic rings. The number of hydrogen-bond donors (Lipinski definition) is 3. The minimum absolute atomic E-state index is 0.0103. The number of carbonyl (C=O) groups excluding carboxylic acids is 1. The summed E-state index contributed by atoms with van der Waals surface area (Å²) in [6, 6.07) is 6.69. The van der Waals surface area contributed by atoms with E-state index in [2.05, 4.69) is 4.98 Å². The molecule has 1 aliphatic heterocycles. The number of likely N-dealkylation sites (tertiary alicyclic amines) is 1. The maximum atomic E-state index is 13.9. The van der Waals surface area contributed by atoms with Crippen LogP contribution in [0.1, 0.15) is 37.4 Å². The number of amides is 1. The van der Waals surface area contributed by atoms with Crippen molar-refractivity contribution in [2.75, 3.05) is 52.3 Å². The third kappa shape index (κ3) is 6.66. The van der Waals surface area contributed by atoms with E-state index < -0.39 is 40.6 Å². The molecule has 0 unspecified atom stereocenters. The second-order valence-corrected chi connectivity index (χ2v) is 10.5. The molecule has 12 heteroatoms. The van der Waals surface area contributed by atoms with Crippen LogP contribution in [0.15, 0.2) is 36.5 Å². The van der Waals surface area contributed by atoms with Crippen molar-refractivity contribution in [2.45, 2.75) is 31.8 Å². The van der Waals surface area contributed by atoms with Crippen molar-refractivity contribution in [1.29, 1.82) is 0 Å². The fraction of sp³-hybridized carbons (Fsp3) is 0.448. The molecule has 1 amide bonds. The predicted octanol–water partition coefficient (Wildman–Crippen LogP) is 4.21. The lowest BCUT2D eigenvalue weighted by atomic mass is 9.73. The highest BCUT2D eigenvalue weighted by Crippen LogP contribution is 2.41. The number of halogens is 3. The molecule has 0 aliphatic carbocycles. The predicted molar refractivity (Wildman–Crippen MR) is 147 cm³/mol. The number of hydroxylamine groups is 1. The van der Waals surface area contributed by atoms with Crippen molar-refractivity contribution in [3.8, 4) is 11.5 Å². The average molecular weight is 577 g/mol. The van der Waals surface area contributed by atoms with E-state index in [1.165, 1.54) is 0 Å². The number of methoxy groups -OCH3 is 1. The quantitative estimate of drug-likeness (QED) is 0.177. The van der Waals surface area contributed by atoms with Crippen LogP contribution in [-0.2, 0) is 4.79 Å². The zero-order valence-electron chi connectivity index (χ0n) is 23.3. The minimum Gasteiger partial charge on any atom is -0.497 e. The second-order valence-electron chi connectivity index (χ2n) is 10.5. The topological polar surface area (TPSA) is 107 Å². The van der Waals surface area contributed by atoms with E-state index >= 15 is 0 Å². The van der Waals surface area contributed by atoms with Crippen LogP contribution in [-0.4, -0.2) is 73.6 Å². The highest BCUT2D eigenvalue weighted by Gasteiger charge is 2.41. The maximum absolute atomic E-state index is 13.9. The van der Waals surface area contributed by atoms with Gasteiger partial charge in [-0.25, -0.2) is 14.3 Å². The molecular weight excluding hydrogens is 541 g/mol. The first-order valence-corrected chi connectivity index (χ1v) is 13.3. The highest BCUT2D eigenvalue weighted by atomic mass is 19.2. The molecule has 1 aliphatic rings. The number of pyridine rings is 1. The van der Waals surface area contributed by atoms with Crippen LogP contribution in [0, 0.1) is 22.9 Å². The lowest BCUT2D eigenvalue weighted by Gasteiger charge is -2.40. The van der Waals surface area contributed by atoms with E-state index in [9.17, 15) is 28.3 Å². The van der Waals surface area contributed by atoms with E-state index in [-0.39, 0.29) is 13.0 Å². The highest BCUT2D eigenvalue weighted by molar-refractivity contribution is 5.88. The van der Waals surface area contributed by atoms with Gasteiger partial charge in [0.25, 0.3) is 0 Å². The molecule has 0 radical (unpaired) electrons. The Labute approximate surface area is 236 Å². The summed E-state index contributed by atoms with van der Waals surface area (Å²) in [4.78, 5) is 21.2. The summed E-state index contributed by atoms with van der Waals surface area (Å²) in [7, 11) is 5.28. The first kappa shape index (κ1) is 30.4. The SMILES string of the molecule is COc1ccc2ncc(N(C)C)c([C@H](O)CCC3(C(=O)NO)CCN(CCOc4cc(F)cc(F)c4F)CC3)c2c1. The molecular formula is C29H35F3N4O5. The Hall–Kier alpha value is -3.61. The van der Waals surface area contributed by atoms with Crippen LogP contribution in [0.4, 0.5) is 18.9 Å². The van der Waals surface area contributed by atoms with Gasteiger partial charge in [-0.1, -0.05) is 0 Å². The molecule has 0 spiro atoms. The van der Waals surface area contributed by atoms with E-state index in [1.807, 2.05) is 36.0 Å². The van der Waals surface area contributed by atoms with Gasteiger partial charge in [-0.05, 0) is 57.0 Å². The zero-order valence-corrected chi connectivity index (χ0v) is 23.3. The molecule has 41 heavy (non-hydrogen) atoms. The third-order valence-corrected chi connectivity index (χ3v) is 7.83. The first-order valence-electron chi connectivity index (χ1n) is 13.3. The Bertz CT molecular complexity index is 1380. The third-order valence-electron chi connectivity index (χ3n) is 7.83. The van der Waals surface area contributed by atoms with Gasteiger partial charge in [-0.15, -0.1) is 0 Å². The molecule has 1 saturated heterocycles. The van der Waals surface area contributed by atoms with Crippen LogP contribution < -0.4 is 19.9 Å². The molecule has 3 N–H and O–H groups in total. The van der Waals surface area contributed by atoms with Crippen LogP contribution in [0.3, 0.4) is 0 Å². The molecule has 2 aromatic carbocycles. The Kier molecular flexibility index (Phi) is 9.57. The standard InChI is InChI=1S/C29H35F3N4O5/c1-35(2)23-17-33-22-5-4-19(40-3)16-20(22)26(23)24(37)6-7-29(28(38)34-39)8-10-36(11-9-29)12-13-41-25-15-18(30)14-21(31)27(25)32/h4-5,14-17,24,37,39H,6-13H2,1-3H3,(H,34,38)/t24-/m1/s1. The van der Waals surface area contributed by atoms with Gasteiger partial charge in [0.15, 0.2) is 11.6 Å². The number of ether oxygens (including phenoxy) is 2. The van der Waals surface area contributed by atoms with Crippen molar-refractivity contribution < 1.29 is 37.8 Å². The smallest absolute Gasteiger partial charge is 0.249 e. The number of piperidine rings is 1. The average Bonchev–Trinajstić information content (AvgIpc) is 2.97. The molecule has 1 fully saturated rings. The van der Waals surface area contributed by atoms with Gasteiger partial charge in [0.05, 0.1) is 36.0 Å². The normalized spacial score (nSPS) is 15.9. The monoisotopic (exact) mass is 576 g/mol. The molecule has 4 rings (SSSR count). The number of aliphatic hydroxyl groups excluding tert-OH is 1. The fourth-order valence-corrected chi connectivity index (χ4v) is 5.41. The van der Waals surface area contributed by atoms with Crippen LogP contribution in [0.5, 0.6) is 11.5 Å². The van der Waals surface area contributed by atoms with Gasteiger partial charge in [0, 0.05) is 43.7 Å². The van der Waals surface area contributed by atoms with Crippen molar-refractivity contribution >= 4 is 22.5 Å². The second kappa shape index (κ2) is 12.9. The van der Waals surface area contributed by atoms with Crippen LogP contribution in [0.2, 0.25) is 0 Å². The summed E-state index contributed by atoms with van der Waals surface area (Å²) in [6.45, 7) is 1.26. The van der Waals surface area contributed by atoms with E-state index in [1.54, 1.807) is 24.9 Å². The number of aliphatic hydroxyl groups is 1. The van der Waals surface area contributed by atoms with E-state index in [4.69, 9.17) is 9.47 Å². The van der Waals surface area contributed by atoms with Crippen LogP contribution in [0.25, 0.3) is 10.9 Å². The van der Waals surface area contributed by atoms with Crippen molar-refractivity contribution in [3.63, 3.8) is 0 Å². The number of nitrogens with one attached hydrogen (secondary N) is 1. The summed E-state index contributed by atoms with van der Waals surface area (Å²) in [6.07, 6.45) is 2.11. The van der Waals surface area contributed by atoms with Crippen molar-refractivity contribution in [1.82, 2.24) is 15.4 Å². The summed E-state index contributed by atoms with van der Waals surface area (Å²) in [5.41, 5.74) is 2.98. The Morgan fingerprint density at radius 1 is 1.20 bits per heavy atom. The Balaban J connectivity index is 1.44. The van der Waals surface area contributed by atoms with E-state index in [0.29, 0.717) is 61.8 Å². The largest absolute Gasteiger partial charge is 0.497 e. The zero-order chi connectivity index (χ0) is 29.7. The molecule has 0 saturated carbocycles. The maximum Gasteiger partial charge on any atom is 0.249 e. The summed E-state index contributed by atoms with van der Waals surface area (Å²) in [5.74, 6) is -3.90. The number of nitrogens with zero attached hydrogens (tertiary/aromatic N) is 3. The Morgan fingerprint density at radius 2 is 1.93 bits per heavy atom. The number of anilines is 1. The summed E-state index contributed by atoms with van der Waals surface area (Å²) < 4.78 is 51.4. The van der Waals surface area contributed by atoms with Gasteiger partial charge in [0.2, 0.25) is 11.7 Å².